The highest BCUT2D eigenvalue weighted by atomic mass is 16.8. The third-order valence-electron chi connectivity index (χ3n) is 4.00. The molecule has 0 bridgehead atoms. The highest BCUT2D eigenvalue weighted by Crippen LogP contribution is 2.41. The summed E-state index contributed by atoms with van der Waals surface area (Å²) in [5.41, 5.74) is 0. The van der Waals surface area contributed by atoms with Gasteiger partial charge in [-0.15, -0.1) is 6.58 Å². The molecule has 7 heteroatoms. The number of methoxy groups -OCH3 is 2. The summed E-state index contributed by atoms with van der Waals surface area (Å²) < 4.78 is 22.3. The molecule has 0 aromatic heterocycles. The van der Waals surface area contributed by atoms with Gasteiger partial charge in [0.25, 0.3) is 0 Å². The average molecular weight is 306 g/mol. The Morgan fingerprint density at radius 2 is 1.52 bits per heavy atom. The van der Waals surface area contributed by atoms with Gasteiger partial charge in [-0.3, -0.25) is 0 Å². The molecule has 1 heterocycles. The topological polar surface area (TPSA) is 97.6 Å². The standard InChI is InChI=1S/C14H26O7/c1-6-7-9(16)11-12(10(17)8-15)21-14(3,19-5)13(2,18-4)20-11/h6,9-12,15-17H,1,7-8H2,2-5H3/t9-,10-,11-,12-,13+,14+/m1/s1. The molecule has 0 radical (unpaired) electrons. The lowest BCUT2D eigenvalue weighted by Gasteiger charge is -2.53. The predicted molar refractivity (Wildman–Crippen MR) is 74.5 cm³/mol. The predicted octanol–water partition coefficient (Wildman–Crippen LogP) is -0.214. The van der Waals surface area contributed by atoms with Crippen molar-refractivity contribution in [1.82, 2.24) is 0 Å². The van der Waals surface area contributed by atoms with E-state index < -0.39 is 42.6 Å². The first-order valence-corrected chi connectivity index (χ1v) is 6.82. The quantitative estimate of drug-likeness (QED) is 0.560. The fraction of sp³-hybridized carbons (Fsp3) is 0.857. The summed E-state index contributed by atoms with van der Waals surface area (Å²) in [6.07, 6.45) is -2.30. The number of aliphatic hydroxyl groups is 3. The van der Waals surface area contributed by atoms with Gasteiger partial charge in [-0.2, -0.15) is 0 Å². The van der Waals surface area contributed by atoms with Gasteiger partial charge in [-0.1, -0.05) is 6.08 Å². The zero-order valence-electron chi connectivity index (χ0n) is 13.0. The van der Waals surface area contributed by atoms with Crippen LogP contribution in [0.4, 0.5) is 0 Å². The molecule has 0 aliphatic carbocycles. The largest absolute Gasteiger partial charge is 0.394 e. The smallest absolute Gasteiger partial charge is 0.220 e. The van der Waals surface area contributed by atoms with E-state index in [0.717, 1.165) is 0 Å². The molecule has 1 fully saturated rings. The number of hydrogen-bond acceptors (Lipinski definition) is 7. The second kappa shape index (κ2) is 7.15. The van der Waals surface area contributed by atoms with E-state index in [9.17, 15) is 15.3 Å². The Morgan fingerprint density at radius 3 is 1.86 bits per heavy atom. The van der Waals surface area contributed by atoms with Crippen LogP contribution in [0.15, 0.2) is 12.7 Å². The molecular weight excluding hydrogens is 280 g/mol. The summed E-state index contributed by atoms with van der Waals surface area (Å²) in [6.45, 7) is 6.25. The van der Waals surface area contributed by atoms with Crippen molar-refractivity contribution in [2.24, 2.45) is 0 Å². The van der Waals surface area contributed by atoms with Crippen LogP contribution in [0.3, 0.4) is 0 Å². The molecule has 1 rings (SSSR count). The summed E-state index contributed by atoms with van der Waals surface area (Å²) in [5.74, 6) is -2.60. The van der Waals surface area contributed by atoms with Crippen molar-refractivity contribution in [3.05, 3.63) is 12.7 Å². The van der Waals surface area contributed by atoms with Crippen molar-refractivity contribution in [2.75, 3.05) is 20.8 Å². The van der Waals surface area contributed by atoms with E-state index in [-0.39, 0.29) is 6.42 Å². The van der Waals surface area contributed by atoms with Gasteiger partial charge in [-0.05, 0) is 20.3 Å². The summed E-state index contributed by atoms with van der Waals surface area (Å²) in [4.78, 5) is 0. The molecule has 0 saturated carbocycles. The Bertz CT molecular complexity index is 350. The van der Waals surface area contributed by atoms with Crippen molar-refractivity contribution >= 4 is 0 Å². The molecule has 0 unspecified atom stereocenters. The van der Waals surface area contributed by atoms with Gasteiger partial charge in [0.15, 0.2) is 0 Å². The van der Waals surface area contributed by atoms with Crippen molar-refractivity contribution < 1.29 is 34.3 Å². The fourth-order valence-corrected chi connectivity index (χ4v) is 2.34. The summed E-state index contributed by atoms with van der Waals surface area (Å²) in [5, 5.41) is 29.3. The van der Waals surface area contributed by atoms with E-state index in [1.807, 2.05) is 0 Å². The maximum Gasteiger partial charge on any atom is 0.220 e. The average Bonchev–Trinajstić information content (AvgIpc) is 2.48. The van der Waals surface area contributed by atoms with Crippen LogP contribution in [0.5, 0.6) is 0 Å². The van der Waals surface area contributed by atoms with Crippen molar-refractivity contribution in [3.63, 3.8) is 0 Å². The summed E-state index contributed by atoms with van der Waals surface area (Å²) in [7, 11) is 2.85. The Labute approximate surface area is 125 Å². The lowest BCUT2D eigenvalue weighted by atomic mass is 9.95. The van der Waals surface area contributed by atoms with E-state index in [1.165, 1.54) is 20.3 Å². The van der Waals surface area contributed by atoms with Crippen LogP contribution >= 0.6 is 0 Å². The molecule has 1 saturated heterocycles. The number of ether oxygens (including phenoxy) is 4. The minimum atomic E-state index is -1.31. The molecule has 3 N–H and O–H groups in total. The normalized spacial score (nSPS) is 39.8. The van der Waals surface area contributed by atoms with Gasteiger partial charge in [0.05, 0.1) is 12.7 Å². The van der Waals surface area contributed by atoms with Crippen LogP contribution in [0.1, 0.15) is 20.3 Å². The molecule has 0 aromatic rings. The minimum Gasteiger partial charge on any atom is -0.394 e. The van der Waals surface area contributed by atoms with Crippen LogP contribution in [0.25, 0.3) is 0 Å². The Hall–Kier alpha value is -0.540. The molecular formula is C14H26O7. The summed E-state index contributed by atoms with van der Waals surface area (Å²) >= 11 is 0. The van der Waals surface area contributed by atoms with Gasteiger partial charge in [-0.25, -0.2) is 0 Å². The molecule has 7 nitrogen and oxygen atoms in total. The highest BCUT2D eigenvalue weighted by Gasteiger charge is 2.58. The molecule has 0 amide bonds. The third kappa shape index (κ3) is 3.45. The van der Waals surface area contributed by atoms with Gasteiger partial charge >= 0.3 is 0 Å². The number of hydrogen-bond donors (Lipinski definition) is 3. The fourth-order valence-electron chi connectivity index (χ4n) is 2.34. The molecule has 6 atom stereocenters. The van der Waals surface area contributed by atoms with E-state index in [0.29, 0.717) is 0 Å². The highest BCUT2D eigenvalue weighted by molar-refractivity contribution is 4.97. The number of aliphatic hydroxyl groups excluding tert-OH is 3. The maximum absolute atomic E-state index is 10.2. The lowest BCUT2D eigenvalue weighted by molar-refractivity contribution is -0.460. The van der Waals surface area contributed by atoms with Gasteiger partial charge in [0.1, 0.15) is 18.3 Å². The van der Waals surface area contributed by atoms with Crippen molar-refractivity contribution in [3.8, 4) is 0 Å². The first-order valence-electron chi connectivity index (χ1n) is 6.82. The van der Waals surface area contributed by atoms with Gasteiger partial charge in [0, 0.05) is 14.2 Å². The van der Waals surface area contributed by atoms with E-state index in [1.54, 1.807) is 13.8 Å². The maximum atomic E-state index is 10.2. The molecule has 124 valence electrons. The molecule has 1 aliphatic rings. The van der Waals surface area contributed by atoms with Crippen LogP contribution in [0, 0.1) is 0 Å². The van der Waals surface area contributed by atoms with E-state index in [2.05, 4.69) is 6.58 Å². The Balaban J connectivity index is 3.13. The zero-order chi connectivity index (χ0) is 16.3. The first-order chi connectivity index (χ1) is 9.78. The van der Waals surface area contributed by atoms with Crippen molar-refractivity contribution in [2.45, 2.75) is 56.3 Å². The van der Waals surface area contributed by atoms with Gasteiger partial charge in [0.2, 0.25) is 11.6 Å². The van der Waals surface area contributed by atoms with Crippen LogP contribution in [0.2, 0.25) is 0 Å². The lowest BCUT2D eigenvalue weighted by Crippen LogP contribution is -2.69. The van der Waals surface area contributed by atoms with Crippen LogP contribution in [-0.2, 0) is 18.9 Å². The molecule has 1 aliphatic heterocycles. The number of rotatable bonds is 7. The Morgan fingerprint density at radius 1 is 1.10 bits per heavy atom. The van der Waals surface area contributed by atoms with E-state index >= 15 is 0 Å². The zero-order valence-corrected chi connectivity index (χ0v) is 13.0. The third-order valence-corrected chi connectivity index (χ3v) is 4.00. The van der Waals surface area contributed by atoms with Crippen LogP contribution in [-0.4, -0.2) is 72.1 Å². The second-order valence-electron chi connectivity index (χ2n) is 5.31. The minimum absolute atomic E-state index is 0.242. The SMILES string of the molecule is C=CC[C@@H](O)[C@H]1O[C@](C)(OC)[C@@](C)(OC)O[C@@H]1[C@H](O)CO. The second-order valence-corrected chi connectivity index (χ2v) is 5.31. The van der Waals surface area contributed by atoms with Crippen molar-refractivity contribution in [1.29, 1.82) is 0 Å². The molecule has 21 heavy (non-hydrogen) atoms. The van der Waals surface area contributed by atoms with E-state index in [4.69, 9.17) is 18.9 Å². The van der Waals surface area contributed by atoms with Gasteiger partial charge < -0.3 is 34.3 Å². The summed E-state index contributed by atoms with van der Waals surface area (Å²) in [6, 6.07) is 0. The Kier molecular flexibility index (Phi) is 6.30. The monoisotopic (exact) mass is 306 g/mol. The van der Waals surface area contributed by atoms with Crippen LogP contribution < -0.4 is 0 Å². The molecule has 0 spiro atoms. The molecule has 0 aromatic carbocycles. The first kappa shape index (κ1) is 18.5.